The van der Waals surface area contributed by atoms with E-state index in [1.165, 1.54) is 0 Å². The van der Waals surface area contributed by atoms with Crippen LogP contribution in [-0.2, 0) is 22.4 Å². The number of aryl methyl sites for hydroxylation is 1. The van der Waals surface area contributed by atoms with E-state index in [4.69, 9.17) is 23.6 Å². The summed E-state index contributed by atoms with van der Waals surface area (Å²) in [4.78, 5) is 31.1. The average Bonchev–Trinajstić information content (AvgIpc) is 3.66. The first kappa shape index (κ1) is 27.5. The van der Waals surface area contributed by atoms with Crippen LogP contribution in [0.5, 0.6) is 11.5 Å². The molecule has 0 fully saturated rings. The Balaban J connectivity index is 1.29. The van der Waals surface area contributed by atoms with Gasteiger partial charge in [0.15, 0.2) is 6.61 Å². The van der Waals surface area contributed by atoms with Crippen LogP contribution in [0.4, 0.5) is 5.88 Å². The number of rotatable bonds is 8. The Morgan fingerprint density at radius 1 is 0.930 bits per heavy atom. The minimum Gasteiger partial charge on any atom is -0.497 e. The topological polar surface area (TPSA) is 124 Å². The molecule has 0 bridgehead atoms. The van der Waals surface area contributed by atoms with E-state index in [0.717, 1.165) is 30.5 Å². The number of furan rings is 1. The number of carbonyl (C=O) groups is 2. The third kappa shape index (κ3) is 5.26. The predicted octanol–water partition coefficient (Wildman–Crippen LogP) is 6.33. The molecular weight excluding hydrogens is 546 g/mol. The number of amides is 1. The summed E-state index contributed by atoms with van der Waals surface area (Å²) < 4.78 is 22.2. The molecule has 1 N–H and O–H groups in total. The Bertz CT molecular complexity index is 1890. The second kappa shape index (κ2) is 11.7. The summed E-state index contributed by atoms with van der Waals surface area (Å²) in [7, 11) is 3.14. The standard InChI is InChI=1S/C34H27N3O6/c1-40-22-14-10-20(11-15-22)30-26(18-35)33(43-32(30)21-12-16-23(41-2)17-13-21)37-29(38)19-42-34(39)31-24-6-3-4-8-27(24)36-28-9-5-7-25(28)31/h3-4,6,8,10-17H,5,7,9,19H2,1-2H3,(H,37,38). The van der Waals surface area contributed by atoms with Crippen LogP contribution in [0.3, 0.4) is 0 Å². The average molecular weight is 574 g/mol. The summed E-state index contributed by atoms with van der Waals surface area (Å²) >= 11 is 0. The molecule has 1 amide bonds. The second-order valence-electron chi connectivity index (χ2n) is 9.99. The minimum atomic E-state index is -0.642. The van der Waals surface area contributed by atoms with Crippen molar-refractivity contribution in [3.8, 4) is 40.0 Å². The van der Waals surface area contributed by atoms with Gasteiger partial charge >= 0.3 is 5.97 Å². The molecule has 0 saturated carbocycles. The van der Waals surface area contributed by atoms with Crippen LogP contribution < -0.4 is 14.8 Å². The number of fused-ring (bicyclic) bond motifs is 2. The highest BCUT2D eigenvalue weighted by Gasteiger charge is 2.27. The number of esters is 1. The van der Waals surface area contributed by atoms with Crippen molar-refractivity contribution in [2.45, 2.75) is 19.3 Å². The zero-order valence-corrected chi connectivity index (χ0v) is 23.6. The molecule has 1 aliphatic rings. The molecule has 9 heteroatoms. The van der Waals surface area contributed by atoms with E-state index < -0.39 is 18.5 Å². The number of nitrogens with one attached hydrogen (secondary N) is 1. The fraction of sp³-hybridized carbons (Fsp3) is 0.176. The third-order valence-corrected chi connectivity index (χ3v) is 7.46. The molecule has 1 aliphatic carbocycles. The molecule has 2 aromatic heterocycles. The van der Waals surface area contributed by atoms with Gasteiger partial charge in [0.25, 0.3) is 5.91 Å². The summed E-state index contributed by atoms with van der Waals surface area (Å²) in [5.41, 5.74) is 4.92. The normalized spacial score (nSPS) is 11.9. The molecule has 0 unspecified atom stereocenters. The van der Waals surface area contributed by atoms with Gasteiger partial charge in [-0.3, -0.25) is 15.1 Å². The van der Waals surface area contributed by atoms with Gasteiger partial charge in [-0.2, -0.15) is 5.26 Å². The molecular formula is C34H27N3O6. The molecule has 3 aromatic carbocycles. The van der Waals surface area contributed by atoms with Gasteiger partial charge in [-0.15, -0.1) is 0 Å². The maximum atomic E-state index is 13.3. The Morgan fingerprint density at radius 3 is 2.28 bits per heavy atom. The number of para-hydroxylation sites is 1. The SMILES string of the molecule is COc1ccc(-c2oc(NC(=O)COC(=O)c3c4c(nc5ccccc35)CCC4)c(C#N)c2-c2ccc(OC)cc2)cc1. The number of carbonyl (C=O) groups excluding carboxylic acids is 2. The lowest BCUT2D eigenvalue weighted by atomic mass is 9.98. The Labute approximate surface area is 247 Å². The summed E-state index contributed by atoms with van der Waals surface area (Å²) in [6, 6.07) is 23.9. The highest BCUT2D eigenvalue weighted by Crippen LogP contribution is 2.42. The summed E-state index contributed by atoms with van der Waals surface area (Å²) in [6.45, 7) is -0.564. The van der Waals surface area contributed by atoms with Gasteiger partial charge in [0.1, 0.15) is 28.9 Å². The quantitative estimate of drug-likeness (QED) is 0.214. The van der Waals surface area contributed by atoms with Gasteiger partial charge in [-0.25, -0.2) is 4.79 Å². The molecule has 9 nitrogen and oxygen atoms in total. The van der Waals surface area contributed by atoms with E-state index in [2.05, 4.69) is 11.4 Å². The highest BCUT2D eigenvalue weighted by atomic mass is 16.5. The molecule has 0 radical (unpaired) electrons. The molecule has 0 aliphatic heterocycles. The second-order valence-corrected chi connectivity index (χ2v) is 9.99. The number of benzene rings is 3. The van der Waals surface area contributed by atoms with Gasteiger partial charge in [0, 0.05) is 22.2 Å². The van der Waals surface area contributed by atoms with Crippen LogP contribution in [0.2, 0.25) is 0 Å². The Kier molecular flexibility index (Phi) is 7.50. The van der Waals surface area contributed by atoms with Crippen molar-refractivity contribution in [3.05, 3.63) is 95.2 Å². The minimum absolute atomic E-state index is 0.0459. The maximum Gasteiger partial charge on any atom is 0.339 e. The molecule has 2 heterocycles. The van der Waals surface area contributed by atoms with E-state index in [9.17, 15) is 14.9 Å². The third-order valence-electron chi connectivity index (χ3n) is 7.46. The lowest BCUT2D eigenvalue weighted by Gasteiger charge is -2.12. The summed E-state index contributed by atoms with van der Waals surface area (Å²) in [5, 5.41) is 13.5. The number of aromatic nitrogens is 1. The molecule has 0 spiro atoms. The van der Waals surface area contributed by atoms with Crippen LogP contribution in [0.25, 0.3) is 33.4 Å². The number of hydrogen-bond donors (Lipinski definition) is 1. The first-order valence-electron chi connectivity index (χ1n) is 13.7. The van der Waals surface area contributed by atoms with Crippen molar-refractivity contribution >= 4 is 28.7 Å². The number of nitrogens with zero attached hydrogens (tertiary/aromatic N) is 2. The van der Waals surface area contributed by atoms with Crippen molar-refractivity contribution in [2.75, 3.05) is 26.1 Å². The monoisotopic (exact) mass is 573 g/mol. The molecule has 5 aromatic rings. The van der Waals surface area contributed by atoms with E-state index in [1.54, 1.807) is 50.6 Å². The van der Waals surface area contributed by atoms with Crippen LogP contribution in [0.1, 0.15) is 33.6 Å². The smallest absolute Gasteiger partial charge is 0.339 e. The number of hydrogen-bond acceptors (Lipinski definition) is 8. The van der Waals surface area contributed by atoms with Crippen LogP contribution >= 0.6 is 0 Å². The van der Waals surface area contributed by atoms with Crippen LogP contribution in [0.15, 0.2) is 77.2 Å². The van der Waals surface area contributed by atoms with Gasteiger partial charge in [0.05, 0.1) is 25.3 Å². The lowest BCUT2D eigenvalue weighted by Crippen LogP contribution is -2.22. The number of pyridine rings is 1. The van der Waals surface area contributed by atoms with Crippen molar-refractivity contribution < 1.29 is 28.2 Å². The fourth-order valence-corrected chi connectivity index (χ4v) is 5.41. The van der Waals surface area contributed by atoms with Gasteiger partial charge in [-0.05, 0) is 72.9 Å². The van der Waals surface area contributed by atoms with Gasteiger partial charge < -0.3 is 18.6 Å². The van der Waals surface area contributed by atoms with Crippen molar-refractivity contribution in [2.24, 2.45) is 0 Å². The van der Waals surface area contributed by atoms with Gasteiger partial charge in [-0.1, -0.05) is 30.3 Å². The van der Waals surface area contributed by atoms with E-state index >= 15 is 0 Å². The number of methoxy groups -OCH3 is 2. The lowest BCUT2D eigenvalue weighted by molar-refractivity contribution is -0.119. The summed E-state index contributed by atoms with van der Waals surface area (Å²) in [5.74, 6) is 0.413. The largest absolute Gasteiger partial charge is 0.497 e. The van der Waals surface area contributed by atoms with Crippen molar-refractivity contribution in [1.82, 2.24) is 4.98 Å². The van der Waals surface area contributed by atoms with E-state index in [1.807, 2.05) is 36.4 Å². The van der Waals surface area contributed by atoms with E-state index in [-0.39, 0.29) is 11.4 Å². The van der Waals surface area contributed by atoms with Crippen molar-refractivity contribution in [3.63, 3.8) is 0 Å². The predicted molar refractivity (Wildman–Crippen MR) is 160 cm³/mol. The highest BCUT2D eigenvalue weighted by molar-refractivity contribution is 6.06. The number of anilines is 1. The Morgan fingerprint density at radius 2 is 1.60 bits per heavy atom. The van der Waals surface area contributed by atoms with E-state index in [0.29, 0.717) is 50.4 Å². The molecule has 6 rings (SSSR count). The van der Waals surface area contributed by atoms with Crippen LogP contribution in [-0.4, -0.2) is 37.7 Å². The first-order chi connectivity index (χ1) is 21.0. The zero-order valence-electron chi connectivity index (χ0n) is 23.6. The van der Waals surface area contributed by atoms with Crippen LogP contribution in [0, 0.1) is 11.3 Å². The molecule has 0 saturated heterocycles. The molecule has 0 atom stereocenters. The van der Waals surface area contributed by atoms with Gasteiger partial charge in [0.2, 0.25) is 5.88 Å². The number of nitriles is 1. The molecule has 214 valence electrons. The zero-order chi connectivity index (χ0) is 29.9. The van der Waals surface area contributed by atoms with Crippen molar-refractivity contribution in [1.29, 1.82) is 5.26 Å². The maximum absolute atomic E-state index is 13.3. The molecule has 43 heavy (non-hydrogen) atoms. The summed E-state index contributed by atoms with van der Waals surface area (Å²) in [6.07, 6.45) is 2.43. The Hall–Kier alpha value is -5.62. The number of ether oxygens (including phenoxy) is 3. The fourth-order valence-electron chi connectivity index (χ4n) is 5.41. The first-order valence-corrected chi connectivity index (χ1v) is 13.7.